The molecule has 0 heterocycles. The molecule has 0 aliphatic rings. The SMILES string of the molecule is COc1ccccc1Oc1ccc(Cl)c(Cl)c1Cl. The van der Waals surface area contributed by atoms with Crippen LogP contribution < -0.4 is 9.47 Å². The van der Waals surface area contributed by atoms with Gasteiger partial charge in [-0.05, 0) is 24.3 Å². The average Bonchev–Trinajstić information content (AvgIpc) is 2.40. The van der Waals surface area contributed by atoms with Crippen LogP contribution in [0.25, 0.3) is 0 Å². The summed E-state index contributed by atoms with van der Waals surface area (Å²) in [7, 11) is 1.57. The number of halogens is 3. The third kappa shape index (κ3) is 2.66. The van der Waals surface area contributed by atoms with Gasteiger partial charge in [0.2, 0.25) is 0 Å². The van der Waals surface area contributed by atoms with Crippen molar-refractivity contribution in [3.05, 3.63) is 51.5 Å². The van der Waals surface area contributed by atoms with E-state index in [-0.39, 0.29) is 10.0 Å². The maximum atomic E-state index is 6.06. The molecule has 0 unspecified atom stereocenters. The molecule has 0 radical (unpaired) electrons. The summed E-state index contributed by atoms with van der Waals surface area (Å²) < 4.78 is 10.9. The smallest absolute Gasteiger partial charge is 0.169 e. The third-order valence-electron chi connectivity index (χ3n) is 2.29. The van der Waals surface area contributed by atoms with Gasteiger partial charge >= 0.3 is 0 Å². The Bertz CT molecular complexity index is 570. The van der Waals surface area contributed by atoms with E-state index < -0.39 is 0 Å². The Morgan fingerprint density at radius 3 is 2.11 bits per heavy atom. The van der Waals surface area contributed by atoms with E-state index in [4.69, 9.17) is 44.3 Å². The van der Waals surface area contributed by atoms with Crippen LogP contribution in [0.2, 0.25) is 15.1 Å². The van der Waals surface area contributed by atoms with Crippen LogP contribution >= 0.6 is 34.8 Å². The van der Waals surface area contributed by atoms with E-state index in [9.17, 15) is 0 Å². The minimum Gasteiger partial charge on any atom is -0.493 e. The van der Waals surface area contributed by atoms with Crippen molar-refractivity contribution < 1.29 is 9.47 Å². The van der Waals surface area contributed by atoms with Crippen molar-refractivity contribution in [3.8, 4) is 17.2 Å². The standard InChI is InChI=1S/C13H9Cl3O2/c1-17-9-4-2-3-5-10(9)18-11-7-6-8(14)12(15)13(11)16/h2-7H,1H3. The summed E-state index contributed by atoms with van der Waals surface area (Å²) in [4.78, 5) is 0. The fraction of sp³-hybridized carbons (Fsp3) is 0.0769. The van der Waals surface area contributed by atoms with Crippen molar-refractivity contribution in [3.63, 3.8) is 0 Å². The van der Waals surface area contributed by atoms with E-state index in [0.717, 1.165) is 0 Å². The first kappa shape index (κ1) is 13.3. The Morgan fingerprint density at radius 1 is 0.778 bits per heavy atom. The lowest BCUT2D eigenvalue weighted by atomic mass is 10.3. The van der Waals surface area contributed by atoms with Gasteiger partial charge in [0.15, 0.2) is 11.5 Å². The first-order valence-corrected chi connectivity index (χ1v) is 6.21. The van der Waals surface area contributed by atoms with Crippen LogP contribution in [0, 0.1) is 0 Å². The minimum atomic E-state index is 0.269. The molecule has 0 N–H and O–H groups in total. The second kappa shape index (κ2) is 5.70. The van der Waals surface area contributed by atoms with Gasteiger partial charge in [0.05, 0.1) is 17.2 Å². The molecule has 5 heteroatoms. The lowest BCUT2D eigenvalue weighted by Gasteiger charge is -2.12. The third-order valence-corrected chi connectivity index (χ3v) is 3.57. The molecule has 94 valence electrons. The summed E-state index contributed by atoms with van der Waals surface area (Å²) in [6.45, 7) is 0. The largest absolute Gasteiger partial charge is 0.493 e. The average molecular weight is 304 g/mol. The second-order valence-electron chi connectivity index (χ2n) is 3.43. The van der Waals surface area contributed by atoms with Crippen molar-refractivity contribution in [2.45, 2.75) is 0 Å². The van der Waals surface area contributed by atoms with Crippen LogP contribution in [0.5, 0.6) is 17.2 Å². The molecule has 0 spiro atoms. The highest BCUT2D eigenvalue weighted by molar-refractivity contribution is 6.48. The lowest BCUT2D eigenvalue weighted by Crippen LogP contribution is -1.90. The van der Waals surface area contributed by atoms with E-state index in [1.54, 1.807) is 31.4 Å². The highest BCUT2D eigenvalue weighted by atomic mass is 35.5. The first-order chi connectivity index (χ1) is 8.63. The van der Waals surface area contributed by atoms with Gasteiger partial charge < -0.3 is 9.47 Å². The molecular weight excluding hydrogens is 294 g/mol. The molecule has 2 rings (SSSR count). The maximum Gasteiger partial charge on any atom is 0.169 e. The zero-order valence-corrected chi connectivity index (χ0v) is 11.7. The van der Waals surface area contributed by atoms with Crippen LogP contribution in [0.1, 0.15) is 0 Å². The normalized spacial score (nSPS) is 10.2. The molecule has 0 aliphatic carbocycles. The number of para-hydroxylation sites is 2. The van der Waals surface area contributed by atoms with Crippen LogP contribution in [-0.2, 0) is 0 Å². The molecule has 18 heavy (non-hydrogen) atoms. The summed E-state index contributed by atoms with van der Waals surface area (Å²) in [5, 5.41) is 0.926. The molecule has 0 fully saturated rings. The quantitative estimate of drug-likeness (QED) is 0.702. The molecule has 0 aromatic heterocycles. The van der Waals surface area contributed by atoms with Gasteiger partial charge in [0.1, 0.15) is 10.8 Å². The first-order valence-electron chi connectivity index (χ1n) is 5.08. The monoisotopic (exact) mass is 302 g/mol. The van der Waals surface area contributed by atoms with Crippen molar-refractivity contribution in [1.29, 1.82) is 0 Å². The molecule has 2 aromatic carbocycles. The predicted octanol–water partition coefficient (Wildman–Crippen LogP) is 5.45. The summed E-state index contributed by atoms with van der Waals surface area (Å²) in [6, 6.07) is 10.5. The second-order valence-corrected chi connectivity index (χ2v) is 4.59. The molecule has 0 saturated heterocycles. The predicted molar refractivity (Wildman–Crippen MR) is 74.5 cm³/mol. The van der Waals surface area contributed by atoms with Crippen molar-refractivity contribution in [2.24, 2.45) is 0 Å². The molecule has 2 nitrogen and oxygen atoms in total. The van der Waals surface area contributed by atoms with Crippen LogP contribution in [0.3, 0.4) is 0 Å². The van der Waals surface area contributed by atoms with Gasteiger partial charge in [-0.2, -0.15) is 0 Å². The van der Waals surface area contributed by atoms with Gasteiger partial charge in [0.25, 0.3) is 0 Å². The number of hydrogen-bond acceptors (Lipinski definition) is 2. The van der Waals surface area contributed by atoms with Crippen molar-refractivity contribution in [1.82, 2.24) is 0 Å². The molecule has 0 amide bonds. The highest BCUT2D eigenvalue weighted by Crippen LogP contribution is 2.40. The molecule has 0 bridgehead atoms. The Morgan fingerprint density at radius 2 is 1.44 bits per heavy atom. The Kier molecular flexibility index (Phi) is 4.23. The van der Waals surface area contributed by atoms with Crippen molar-refractivity contribution >= 4 is 34.8 Å². The van der Waals surface area contributed by atoms with Crippen LogP contribution in [-0.4, -0.2) is 7.11 Å². The van der Waals surface area contributed by atoms with Gasteiger partial charge in [-0.25, -0.2) is 0 Å². The minimum absolute atomic E-state index is 0.269. The summed E-state index contributed by atoms with van der Waals surface area (Å²) in [6.07, 6.45) is 0. The fourth-order valence-corrected chi connectivity index (χ4v) is 1.97. The maximum absolute atomic E-state index is 6.06. The Labute approximate surface area is 120 Å². The van der Waals surface area contributed by atoms with E-state index in [0.29, 0.717) is 22.3 Å². The number of hydrogen-bond donors (Lipinski definition) is 0. The molecule has 0 aliphatic heterocycles. The lowest BCUT2D eigenvalue weighted by molar-refractivity contribution is 0.379. The molecular formula is C13H9Cl3O2. The summed E-state index contributed by atoms with van der Waals surface area (Å²) >= 11 is 17.9. The number of ether oxygens (including phenoxy) is 2. The van der Waals surface area contributed by atoms with Gasteiger partial charge in [-0.15, -0.1) is 0 Å². The topological polar surface area (TPSA) is 18.5 Å². The zero-order chi connectivity index (χ0) is 13.1. The van der Waals surface area contributed by atoms with Crippen LogP contribution in [0.15, 0.2) is 36.4 Å². The Hall–Kier alpha value is -1.09. The Balaban J connectivity index is 2.37. The molecule has 2 aromatic rings. The van der Waals surface area contributed by atoms with E-state index in [1.807, 2.05) is 12.1 Å². The number of methoxy groups -OCH3 is 1. The zero-order valence-electron chi connectivity index (χ0n) is 9.41. The van der Waals surface area contributed by atoms with Crippen LogP contribution in [0.4, 0.5) is 0 Å². The highest BCUT2D eigenvalue weighted by Gasteiger charge is 2.12. The summed E-state index contributed by atoms with van der Waals surface area (Å²) in [5.41, 5.74) is 0. The van der Waals surface area contributed by atoms with E-state index in [2.05, 4.69) is 0 Å². The van der Waals surface area contributed by atoms with E-state index in [1.165, 1.54) is 0 Å². The summed E-state index contributed by atoms with van der Waals surface area (Å²) in [5.74, 6) is 1.59. The van der Waals surface area contributed by atoms with Crippen molar-refractivity contribution in [2.75, 3.05) is 7.11 Å². The fourth-order valence-electron chi connectivity index (χ4n) is 1.41. The van der Waals surface area contributed by atoms with Gasteiger partial charge in [-0.3, -0.25) is 0 Å². The molecule has 0 saturated carbocycles. The molecule has 0 atom stereocenters. The number of rotatable bonds is 3. The van der Waals surface area contributed by atoms with Gasteiger partial charge in [0, 0.05) is 0 Å². The van der Waals surface area contributed by atoms with E-state index >= 15 is 0 Å². The van der Waals surface area contributed by atoms with Gasteiger partial charge in [-0.1, -0.05) is 46.9 Å². The number of benzene rings is 2.